The Balaban J connectivity index is 1.93. The summed E-state index contributed by atoms with van der Waals surface area (Å²) in [5.74, 6) is -1.79. The molecule has 0 aliphatic rings. The lowest BCUT2D eigenvalue weighted by Crippen LogP contribution is -2.22. The monoisotopic (exact) mass is 341 g/mol. The summed E-state index contributed by atoms with van der Waals surface area (Å²) >= 11 is 0. The van der Waals surface area contributed by atoms with Crippen LogP contribution in [-0.4, -0.2) is 25.5 Å². The van der Waals surface area contributed by atoms with Crippen molar-refractivity contribution in [2.75, 3.05) is 24.3 Å². The summed E-state index contributed by atoms with van der Waals surface area (Å²) < 4.78 is 18.1. The number of amides is 1. The van der Waals surface area contributed by atoms with Gasteiger partial charge in [-0.3, -0.25) is 4.79 Å². The van der Waals surface area contributed by atoms with Crippen LogP contribution in [0.25, 0.3) is 0 Å². The third kappa shape index (κ3) is 5.04. The molecule has 0 spiro atoms. The average Bonchev–Trinajstić information content (AvgIpc) is 2.62. The fraction of sp³-hybridized carbons (Fsp3) is 0.167. The Hall–Kier alpha value is -3.40. The van der Waals surface area contributed by atoms with Gasteiger partial charge in [-0.15, -0.1) is 0 Å². The fourth-order valence-electron chi connectivity index (χ4n) is 2.09. The number of carbonyl (C=O) groups excluding carboxylic acids is 2. The second-order valence-electron chi connectivity index (χ2n) is 5.12. The summed E-state index contributed by atoms with van der Waals surface area (Å²) in [5, 5.41) is 14.1. The molecule has 0 fully saturated rings. The molecule has 2 rings (SSSR count). The van der Waals surface area contributed by atoms with Gasteiger partial charge in [-0.25, -0.2) is 9.18 Å². The number of carbonyl (C=O) groups is 2. The molecule has 2 N–H and O–H groups in total. The van der Waals surface area contributed by atoms with Crippen molar-refractivity contribution in [3.05, 3.63) is 59.4 Å². The third-order valence-corrected chi connectivity index (χ3v) is 3.35. The van der Waals surface area contributed by atoms with Crippen LogP contribution in [0.3, 0.4) is 0 Å². The predicted molar refractivity (Wildman–Crippen MR) is 90.6 cm³/mol. The molecule has 2 aromatic rings. The normalized spacial score (nSPS) is 9.80. The van der Waals surface area contributed by atoms with Gasteiger partial charge in [0.15, 0.2) is 0 Å². The molecule has 0 aromatic heterocycles. The Morgan fingerprint density at radius 3 is 2.48 bits per heavy atom. The summed E-state index contributed by atoms with van der Waals surface area (Å²) in [5.41, 5.74) is 1.67. The number of nitrogens with zero attached hydrogens (tertiary/aromatic N) is 1. The van der Waals surface area contributed by atoms with Crippen molar-refractivity contribution in [2.24, 2.45) is 0 Å². The van der Waals surface area contributed by atoms with Crippen LogP contribution in [0, 0.1) is 17.1 Å². The number of hydrogen-bond donors (Lipinski definition) is 2. The molecule has 0 radical (unpaired) electrons. The van der Waals surface area contributed by atoms with Crippen LogP contribution in [0.2, 0.25) is 0 Å². The van der Waals surface area contributed by atoms with Gasteiger partial charge < -0.3 is 15.4 Å². The molecule has 25 heavy (non-hydrogen) atoms. The highest BCUT2D eigenvalue weighted by molar-refractivity contribution is 5.94. The number of ether oxygens (including phenoxy) is 1. The molecule has 0 saturated heterocycles. The van der Waals surface area contributed by atoms with Crippen molar-refractivity contribution < 1.29 is 18.7 Å². The van der Waals surface area contributed by atoms with Crippen molar-refractivity contribution in [3.63, 3.8) is 0 Å². The zero-order valence-corrected chi connectivity index (χ0v) is 13.5. The van der Waals surface area contributed by atoms with Crippen LogP contribution in [-0.2, 0) is 16.0 Å². The van der Waals surface area contributed by atoms with E-state index in [-0.39, 0.29) is 18.0 Å². The Labute approximate surface area is 144 Å². The van der Waals surface area contributed by atoms with Crippen molar-refractivity contribution in [1.29, 1.82) is 5.26 Å². The van der Waals surface area contributed by atoms with Crippen molar-refractivity contribution >= 4 is 23.3 Å². The number of benzene rings is 2. The maximum absolute atomic E-state index is 13.6. The number of anilines is 2. The van der Waals surface area contributed by atoms with Crippen LogP contribution >= 0.6 is 0 Å². The number of hydrogen-bond acceptors (Lipinski definition) is 5. The summed E-state index contributed by atoms with van der Waals surface area (Å²) in [7, 11) is 1.16. The van der Waals surface area contributed by atoms with Crippen molar-refractivity contribution in [1.82, 2.24) is 0 Å². The minimum absolute atomic E-state index is 0.0633. The van der Waals surface area contributed by atoms with Gasteiger partial charge in [-0.1, -0.05) is 12.1 Å². The topological polar surface area (TPSA) is 91.2 Å². The van der Waals surface area contributed by atoms with E-state index in [0.29, 0.717) is 17.8 Å². The summed E-state index contributed by atoms with van der Waals surface area (Å²) in [6.45, 7) is -0.0633. The van der Waals surface area contributed by atoms with E-state index in [9.17, 15) is 14.0 Å². The largest absolute Gasteiger partial charge is 0.465 e. The van der Waals surface area contributed by atoms with E-state index in [1.165, 1.54) is 12.1 Å². The molecular weight excluding hydrogens is 325 g/mol. The van der Waals surface area contributed by atoms with Crippen LogP contribution in [0.5, 0.6) is 0 Å². The van der Waals surface area contributed by atoms with Crippen molar-refractivity contribution in [2.45, 2.75) is 6.42 Å². The average molecular weight is 341 g/mol. The van der Waals surface area contributed by atoms with Gasteiger partial charge in [-0.05, 0) is 35.9 Å². The molecule has 128 valence electrons. The molecule has 1 amide bonds. The molecule has 0 aliphatic heterocycles. The molecule has 0 bridgehead atoms. The molecular formula is C18H16FN3O3. The molecule has 6 nitrogen and oxygen atoms in total. The Morgan fingerprint density at radius 2 is 1.84 bits per heavy atom. The van der Waals surface area contributed by atoms with Gasteiger partial charge in [0.1, 0.15) is 5.82 Å². The first-order valence-corrected chi connectivity index (χ1v) is 7.41. The Morgan fingerprint density at radius 1 is 1.16 bits per heavy atom. The van der Waals surface area contributed by atoms with Gasteiger partial charge in [0.05, 0.1) is 31.7 Å². The van der Waals surface area contributed by atoms with Crippen LogP contribution < -0.4 is 10.6 Å². The highest BCUT2D eigenvalue weighted by atomic mass is 19.1. The molecule has 0 heterocycles. The van der Waals surface area contributed by atoms with Gasteiger partial charge in [0.2, 0.25) is 5.91 Å². The molecule has 0 unspecified atom stereocenters. The zero-order valence-electron chi connectivity index (χ0n) is 13.5. The zero-order chi connectivity index (χ0) is 18.2. The SMILES string of the molecule is COC(=O)c1cc(NCC(=O)Nc2ccc(CC#N)cc2)ccc1F. The quantitative estimate of drug-likeness (QED) is 0.788. The minimum atomic E-state index is -0.789. The lowest BCUT2D eigenvalue weighted by atomic mass is 10.1. The fourth-order valence-corrected chi connectivity index (χ4v) is 2.09. The summed E-state index contributed by atoms with van der Waals surface area (Å²) in [4.78, 5) is 23.4. The number of nitriles is 1. The lowest BCUT2D eigenvalue weighted by Gasteiger charge is -2.09. The van der Waals surface area contributed by atoms with Gasteiger partial charge in [0.25, 0.3) is 0 Å². The van der Waals surface area contributed by atoms with Crippen LogP contribution in [0.1, 0.15) is 15.9 Å². The molecule has 2 aromatic carbocycles. The maximum Gasteiger partial charge on any atom is 0.340 e. The van der Waals surface area contributed by atoms with Gasteiger partial charge >= 0.3 is 5.97 Å². The number of nitrogens with one attached hydrogen (secondary N) is 2. The van der Waals surface area contributed by atoms with E-state index >= 15 is 0 Å². The summed E-state index contributed by atoms with van der Waals surface area (Å²) in [6, 6.07) is 12.8. The number of rotatable bonds is 6. The standard InChI is InChI=1S/C18H16FN3O3/c1-25-18(24)15-10-14(6-7-16(15)19)21-11-17(23)22-13-4-2-12(3-5-13)8-9-20/h2-7,10,21H,8,11H2,1H3,(H,22,23). The highest BCUT2D eigenvalue weighted by Crippen LogP contribution is 2.16. The number of esters is 1. The maximum atomic E-state index is 13.6. The van der Waals surface area contributed by atoms with E-state index in [0.717, 1.165) is 18.7 Å². The molecule has 0 aliphatic carbocycles. The third-order valence-electron chi connectivity index (χ3n) is 3.35. The first-order chi connectivity index (χ1) is 12.0. The second kappa shape index (κ2) is 8.45. The van der Waals surface area contributed by atoms with Crippen LogP contribution in [0.15, 0.2) is 42.5 Å². The highest BCUT2D eigenvalue weighted by Gasteiger charge is 2.13. The molecule has 7 heteroatoms. The Bertz CT molecular complexity index is 813. The first kappa shape index (κ1) is 17.9. The van der Waals surface area contributed by atoms with Crippen LogP contribution in [0.4, 0.5) is 15.8 Å². The molecule has 0 saturated carbocycles. The summed E-state index contributed by atoms with van der Waals surface area (Å²) in [6.07, 6.45) is 0.308. The number of methoxy groups -OCH3 is 1. The Kier molecular flexibility index (Phi) is 6.07. The first-order valence-electron chi connectivity index (χ1n) is 7.41. The smallest absolute Gasteiger partial charge is 0.340 e. The lowest BCUT2D eigenvalue weighted by molar-refractivity contribution is -0.114. The molecule has 0 atom stereocenters. The van der Waals surface area contributed by atoms with Crippen molar-refractivity contribution in [3.8, 4) is 6.07 Å². The van der Waals surface area contributed by atoms with E-state index in [2.05, 4.69) is 15.4 Å². The predicted octanol–water partition coefficient (Wildman–Crippen LogP) is 2.73. The minimum Gasteiger partial charge on any atom is -0.465 e. The van der Waals surface area contributed by atoms with E-state index < -0.39 is 11.8 Å². The second-order valence-corrected chi connectivity index (χ2v) is 5.12. The van der Waals surface area contributed by atoms with Gasteiger partial charge in [0, 0.05) is 11.4 Å². The van der Waals surface area contributed by atoms with Gasteiger partial charge in [-0.2, -0.15) is 5.26 Å². The number of halogens is 1. The van der Waals surface area contributed by atoms with E-state index in [4.69, 9.17) is 5.26 Å². The van der Waals surface area contributed by atoms with E-state index in [1.807, 2.05) is 6.07 Å². The van der Waals surface area contributed by atoms with E-state index in [1.54, 1.807) is 24.3 Å².